The monoisotopic (exact) mass is 471 g/mol. The van der Waals surface area contributed by atoms with E-state index in [1.54, 1.807) is 30.3 Å². The van der Waals surface area contributed by atoms with Crippen LogP contribution in [0, 0.1) is 0 Å². The van der Waals surface area contributed by atoms with Crippen molar-refractivity contribution in [2.45, 2.75) is 13.8 Å². The molecule has 1 N–H and O–H groups in total. The molecule has 3 aromatic carbocycles. The Kier molecular flexibility index (Phi) is 7.04. The molecule has 1 saturated heterocycles. The Bertz CT molecular complexity index is 1220. The summed E-state index contributed by atoms with van der Waals surface area (Å²) in [6.07, 6.45) is 1.59. The normalized spacial score (nSPS) is 14.8. The molecule has 2 amide bonds. The Hall–Kier alpha value is -3.97. The lowest BCUT2D eigenvalue weighted by Gasteiger charge is -2.29. The predicted octanol–water partition coefficient (Wildman–Crippen LogP) is 5.16. The van der Waals surface area contributed by atoms with E-state index in [-0.39, 0.29) is 10.7 Å². The molecule has 172 valence electrons. The number of anilines is 2. The van der Waals surface area contributed by atoms with Crippen molar-refractivity contribution in [1.29, 1.82) is 0 Å². The predicted molar refractivity (Wildman–Crippen MR) is 139 cm³/mol. The molecule has 1 fully saturated rings. The smallest absolute Gasteiger partial charge is 0.270 e. The van der Waals surface area contributed by atoms with E-state index in [4.69, 9.17) is 17.0 Å². The lowest BCUT2D eigenvalue weighted by atomic mass is 10.1. The highest BCUT2D eigenvalue weighted by Crippen LogP contribution is 2.27. The maximum Gasteiger partial charge on any atom is 0.270 e. The van der Waals surface area contributed by atoms with Gasteiger partial charge in [0.1, 0.15) is 17.1 Å². The largest absolute Gasteiger partial charge is 0.457 e. The zero-order valence-corrected chi connectivity index (χ0v) is 19.8. The summed E-state index contributed by atoms with van der Waals surface area (Å²) < 4.78 is 5.81. The Morgan fingerprint density at radius 2 is 1.50 bits per heavy atom. The van der Waals surface area contributed by atoms with Crippen molar-refractivity contribution in [3.05, 3.63) is 90.0 Å². The number of benzene rings is 3. The van der Waals surface area contributed by atoms with Crippen LogP contribution in [-0.2, 0) is 9.59 Å². The van der Waals surface area contributed by atoms with E-state index in [2.05, 4.69) is 24.1 Å². The van der Waals surface area contributed by atoms with Gasteiger partial charge in [-0.2, -0.15) is 0 Å². The number of rotatable bonds is 7. The van der Waals surface area contributed by atoms with Crippen molar-refractivity contribution in [2.24, 2.45) is 0 Å². The average molecular weight is 472 g/mol. The van der Waals surface area contributed by atoms with Gasteiger partial charge in [-0.3, -0.25) is 19.8 Å². The molecule has 0 spiro atoms. The van der Waals surface area contributed by atoms with Gasteiger partial charge in [0, 0.05) is 18.8 Å². The number of ether oxygens (including phenoxy) is 1. The Morgan fingerprint density at radius 1 is 0.882 bits per heavy atom. The van der Waals surface area contributed by atoms with Crippen LogP contribution in [0.1, 0.15) is 19.4 Å². The molecule has 0 saturated carbocycles. The van der Waals surface area contributed by atoms with E-state index in [1.165, 1.54) is 4.90 Å². The SMILES string of the molecule is CCN(CC)c1ccc(C=C2C(=O)NC(=S)N(c3ccc(Oc4ccccc4)cc3)C2=O)cc1. The molecule has 7 heteroatoms. The van der Waals surface area contributed by atoms with Crippen molar-refractivity contribution in [2.75, 3.05) is 22.9 Å². The van der Waals surface area contributed by atoms with Gasteiger partial charge in [-0.25, -0.2) is 0 Å². The third-order valence-electron chi connectivity index (χ3n) is 5.51. The molecule has 3 aromatic rings. The summed E-state index contributed by atoms with van der Waals surface area (Å²) in [4.78, 5) is 29.4. The number of amides is 2. The summed E-state index contributed by atoms with van der Waals surface area (Å²) in [7, 11) is 0. The molecule has 1 heterocycles. The summed E-state index contributed by atoms with van der Waals surface area (Å²) >= 11 is 5.30. The fraction of sp³-hybridized carbons (Fsp3) is 0.148. The van der Waals surface area contributed by atoms with Crippen LogP contribution < -0.4 is 19.9 Å². The van der Waals surface area contributed by atoms with Crippen LogP contribution in [0.2, 0.25) is 0 Å². The van der Waals surface area contributed by atoms with Gasteiger partial charge in [0.2, 0.25) is 0 Å². The molecule has 6 nitrogen and oxygen atoms in total. The minimum atomic E-state index is -0.511. The number of nitrogens with zero attached hydrogens (tertiary/aromatic N) is 2. The van der Waals surface area contributed by atoms with Crippen LogP contribution in [0.3, 0.4) is 0 Å². The third-order valence-corrected chi connectivity index (χ3v) is 5.79. The minimum absolute atomic E-state index is 0.0220. The van der Waals surface area contributed by atoms with Gasteiger partial charge in [-0.1, -0.05) is 30.3 Å². The van der Waals surface area contributed by atoms with Crippen molar-refractivity contribution in [1.82, 2.24) is 5.32 Å². The zero-order chi connectivity index (χ0) is 24.1. The fourth-order valence-corrected chi connectivity index (χ4v) is 4.00. The van der Waals surface area contributed by atoms with Crippen molar-refractivity contribution in [3.63, 3.8) is 0 Å². The van der Waals surface area contributed by atoms with E-state index in [0.29, 0.717) is 17.2 Å². The van der Waals surface area contributed by atoms with Crippen molar-refractivity contribution in [3.8, 4) is 11.5 Å². The first-order chi connectivity index (χ1) is 16.5. The summed E-state index contributed by atoms with van der Waals surface area (Å²) in [5.41, 5.74) is 2.41. The number of hydrogen-bond acceptors (Lipinski definition) is 5. The highest BCUT2D eigenvalue weighted by atomic mass is 32.1. The van der Waals surface area contributed by atoms with Crippen LogP contribution in [0.25, 0.3) is 6.08 Å². The van der Waals surface area contributed by atoms with Gasteiger partial charge in [0.15, 0.2) is 5.11 Å². The Morgan fingerprint density at radius 3 is 2.12 bits per heavy atom. The second kappa shape index (κ2) is 10.3. The second-order valence-corrected chi connectivity index (χ2v) is 8.02. The molecule has 4 rings (SSSR count). The summed E-state index contributed by atoms with van der Waals surface area (Å²) in [6, 6.07) is 24.2. The van der Waals surface area contributed by atoms with E-state index in [9.17, 15) is 9.59 Å². The summed E-state index contributed by atoms with van der Waals surface area (Å²) in [5, 5.41) is 2.66. The first kappa shape index (κ1) is 23.2. The molecule has 0 aromatic heterocycles. The van der Waals surface area contributed by atoms with E-state index >= 15 is 0 Å². The lowest BCUT2D eigenvalue weighted by Crippen LogP contribution is -2.54. The van der Waals surface area contributed by atoms with Gasteiger partial charge in [0.25, 0.3) is 11.8 Å². The number of thiocarbonyl (C=S) groups is 1. The molecule has 1 aliphatic rings. The van der Waals surface area contributed by atoms with Gasteiger partial charge in [-0.05, 0) is 86.2 Å². The topological polar surface area (TPSA) is 61.9 Å². The van der Waals surface area contributed by atoms with Crippen molar-refractivity contribution < 1.29 is 14.3 Å². The number of para-hydroxylation sites is 1. The second-order valence-electron chi connectivity index (χ2n) is 7.63. The first-order valence-corrected chi connectivity index (χ1v) is 11.5. The zero-order valence-electron chi connectivity index (χ0n) is 19.0. The molecule has 0 radical (unpaired) electrons. The van der Waals surface area contributed by atoms with Crippen LogP contribution in [-0.4, -0.2) is 30.0 Å². The van der Waals surface area contributed by atoms with Crippen LogP contribution in [0.15, 0.2) is 84.4 Å². The number of carbonyl (C=O) groups excluding carboxylic acids is 2. The molecular weight excluding hydrogens is 446 g/mol. The number of hydrogen-bond donors (Lipinski definition) is 1. The van der Waals surface area contributed by atoms with Crippen LogP contribution in [0.5, 0.6) is 11.5 Å². The maximum absolute atomic E-state index is 13.3. The molecule has 0 atom stereocenters. The van der Waals surface area contributed by atoms with Gasteiger partial charge >= 0.3 is 0 Å². The Balaban J connectivity index is 1.56. The molecule has 0 bridgehead atoms. The number of nitrogens with one attached hydrogen (secondary N) is 1. The first-order valence-electron chi connectivity index (χ1n) is 11.1. The van der Waals surface area contributed by atoms with E-state index < -0.39 is 11.8 Å². The fourth-order valence-electron chi connectivity index (χ4n) is 3.72. The maximum atomic E-state index is 13.3. The van der Waals surface area contributed by atoms with Crippen LogP contribution in [0.4, 0.5) is 11.4 Å². The van der Waals surface area contributed by atoms with E-state index in [0.717, 1.165) is 24.3 Å². The Labute approximate surface area is 204 Å². The lowest BCUT2D eigenvalue weighted by molar-refractivity contribution is -0.122. The van der Waals surface area contributed by atoms with Gasteiger partial charge in [0.05, 0.1) is 5.69 Å². The highest BCUT2D eigenvalue weighted by molar-refractivity contribution is 7.80. The quantitative estimate of drug-likeness (QED) is 0.293. The average Bonchev–Trinajstić information content (AvgIpc) is 2.85. The molecule has 1 aliphatic heterocycles. The molecule has 0 aliphatic carbocycles. The standard InChI is InChI=1S/C27H25N3O3S/c1-3-29(4-2)20-12-10-19(11-13-20)18-24-25(31)28-27(34)30(26(24)32)21-14-16-23(17-15-21)33-22-8-6-5-7-9-22/h5-18H,3-4H2,1-2H3,(H,28,31,34). The number of carbonyl (C=O) groups is 2. The molecular formula is C27H25N3O3S. The van der Waals surface area contributed by atoms with E-state index in [1.807, 2.05) is 54.6 Å². The third kappa shape index (κ3) is 5.00. The summed E-state index contributed by atoms with van der Waals surface area (Å²) in [5.74, 6) is 0.351. The summed E-state index contributed by atoms with van der Waals surface area (Å²) in [6.45, 7) is 6.00. The van der Waals surface area contributed by atoms with Gasteiger partial charge in [-0.15, -0.1) is 0 Å². The van der Waals surface area contributed by atoms with Gasteiger partial charge < -0.3 is 9.64 Å². The highest BCUT2D eigenvalue weighted by Gasteiger charge is 2.34. The minimum Gasteiger partial charge on any atom is -0.457 e. The van der Waals surface area contributed by atoms with Crippen molar-refractivity contribution >= 4 is 46.6 Å². The molecule has 34 heavy (non-hydrogen) atoms. The molecule has 0 unspecified atom stereocenters. The van der Waals surface area contributed by atoms with Crippen LogP contribution >= 0.6 is 12.2 Å².